The maximum atomic E-state index is 13.0. The van der Waals surface area contributed by atoms with Gasteiger partial charge in [0.15, 0.2) is 0 Å². The van der Waals surface area contributed by atoms with Crippen LogP contribution in [-0.2, 0) is 15.0 Å². The van der Waals surface area contributed by atoms with Crippen molar-refractivity contribution >= 4 is 10.2 Å². The van der Waals surface area contributed by atoms with Crippen molar-refractivity contribution in [2.45, 2.75) is 24.2 Å². The summed E-state index contributed by atoms with van der Waals surface area (Å²) < 4.78 is 87.4. The monoisotopic (exact) mass is 306 g/mol. The Morgan fingerprint density at radius 3 is 2.21 bits per heavy atom. The minimum atomic E-state index is -6.74. The SMILES string of the molecule is O=S(=O)(F)C(F)(F)C(F)(F)OCC1C[C@@H]2C=C[C@H]1C2. The quantitative estimate of drug-likeness (QED) is 0.445. The molecule has 1 unspecified atom stereocenters. The highest BCUT2D eigenvalue weighted by Crippen LogP contribution is 2.46. The second-order valence-electron chi connectivity index (χ2n) is 4.82. The van der Waals surface area contributed by atoms with Crippen molar-refractivity contribution in [3.8, 4) is 0 Å². The van der Waals surface area contributed by atoms with Gasteiger partial charge in [0.25, 0.3) is 0 Å². The number of ether oxygens (including phenoxy) is 1. The third-order valence-electron chi connectivity index (χ3n) is 3.54. The summed E-state index contributed by atoms with van der Waals surface area (Å²) in [6.45, 7) is -0.733. The van der Waals surface area contributed by atoms with Crippen LogP contribution in [0.25, 0.3) is 0 Å². The van der Waals surface area contributed by atoms with Crippen LogP contribution in [0.2, 0.25) is 0 Å². The molecule has 0 radical (unpaired) electrons. The van der Waals surface area contributed by atoms with Gasteiger partial charge in [-0.25, -0.2) is 0 Å². The first-order valence-corrected chi connectivity index (χ1v) is 6.95. The molecule has 0 heterocycles. The molecule has 0 aromatic carbocycles. The molecule has 2 aliphatic carbocycles. The highest BCUT2D eigenvalue weighted by Gasteiger charge is 2.68. The summed E-state index contributed by atoms with van der Waals surface area (Å²) in [5.74, 6) is -0.187. The molecule has 1 fully saturated rings. The van der Waals surface area contributed by atoms with E-state index in [-0.39, 0.29) is 17.8 Å². The van der Waals surface area contributed by atoms with Gasteiger partial charge in [0, 0.05) is 0 Å². The van der Waals surface area contributed by atoms with Crippen LogP contribution in [0.5, 0.6) is 0 Å². The third-order valence-corrected chi connectivity index (χ3v) is 4.39. The number of hydrogen-bond donors (Lipinski definition) is 0. The minimum absolute atomic E-state index is 0.0311. The first-order valence-electron chi connectivity index (χ1n) is 5.57. The number of alkyl halides is 4. The van der Waals surface area contributed by atoms with Gasteiger partial charge in [-0.15, -0.1) is 0 Å². The molecule has 0 aliphatic heterocycles. The van der Waals surface area contributed by atoms with Crippen LogP contribution in [0.4, 0.5) is 21.4 Å². The Kier molecular flexibility index (Phi) is 3.41. The van der Waals surface area contributed by atoms with E-state index >= 15 is 0 Å². The molecule has 0 amide bonds. The second kappa shape index (κ2) is 4.41. The smallest absolute Gasteiger partial charge is 0.314 e. The molecule has 19 heavy (non-hydrogen) atoms. The van der Waals surface area contributed by atoms with E-state index in [9.17, 15) is 29.9 Å². The van der Waals surface area contributed by atoms with E-state index in [2.05, 4.69) is 4.74 Å². The van der Waals surface area contributed by atoms with Crippen molar-refractivity contribution in [2.24, 2.45) is 17.8 Å². The molecule has 9 heteroatoms. The van der Waals surface area contributed by atoms with Crippen LogP contribution in [0.3, 0.4) is 0 Å². The summed E-state index contributed by atoms with van der Waals surface area (Å²) in [5, 5.41) is -5.88. The summed E-state index contributed by atoms with van der Waals surface area (Å²) in [4.78, 5) is 0. The molecule has 0 saturated heterocycles. The standard InChI is InChI=1S/C10H11F5O3S/c11-9(12,10(13,14)19(15,16)17)18-5-8-4-6-1-2-7(8)3-6/h1-2,6-8H,3-5H2/t6-,7+,8?/m1/s1. The molecule has 2 rings (SSSR count). The fourth-order valence-corrected chi connectivity index (χ4v) is 2.87. The van der Waals surface area contributed by atoms with Crippen LogP contribution < -0.4 is 0 Å². The summed E-state index contributed by atoms with van der Waals surface area (Å²) in [6, 6.07) is 0. The fraction of sp³-hybridized carbons (Fsp3) is 0.800. The largest absolute Gasteiger partial charge is 0.464 e. The Morgan fingerprint density at radius 2 is 1.79 bits per heavy atom. The normalized spacial score (nSPS) is 31.1. The van der Waals surface area contributed by atoms with Crippen LogP contribution in [0.15, 0.2) is 12.2 Å². The molecule has 0 spiro atoms. The molecule has 2 bridgehead atoms. The maximum Gasteiger partial charge on any atom is 0.464 e. The summed E-state index contributed by atoms with van der Waals surface area (Å²) in [7, 11) is -6.74. The van der Waals surface area contributed by atoms with E-state index < -0.39 is 28.2 Å². The Bertz CT molecular complexity index is 487. The number of allylic oxidation sites excluding steroid dienone is 2. The van der Waals surface area contributed by atoms with Gasteiger partial charge in [-0.05, 0) is 30.6 Å². The fourth-order valence-electron chi connectivity index (χ4n) is 2.52. The van der Waals surface area contributed by atoms with Gasteiger partial charge in [0.1, 0.15) is 0 Å². The lowest BCUT2D eigenvalue weighted by Crippen LogP contribution is -2.48. The molecule has 0 aromatic rings. The lowest BCUT2D eigenvalue weighted by Gasteiger charge is -2.25. The topological polar surface area (TPSA) is 43.4 Å². The number of rotatable bonds is 5. The summed E-state index contributed by atoms with van der Waals surface area (Å²) >= 11 is 0. The van der Waals surface area contributed by atoms with Gasteiger partial charge in [0.2, 0.25) is 0 Å². The predicted molar refractivity (Wildman–Crippen MR) is 54.7 cm³/mol. The molecular weight excluding hydrogens is 295 g/mol. The van der Waals surface area contributed by atoms with Crippen molar-refractivity contribution in [1.82, 2.24) is 0 Å². The Balaban J connectivity index is 2.00. The van der Waals surface area contributed by atoms with Gasteiger partial charge < -0.3 is 4.74 Å². The van der Waals surface area contributed by atoms with Crippen molar-refractivity contribution in [3.63, 3.8) is 0 Å². The molecule has 110 valence electrons. The average Bonchev–Trinajstić information content (AvgIpc) is 2.86. The molecule has 0 aromatic heterocycles. The lowest BCUT2D eigenvalue weighted by molar-refractivity contribution is -0.321. The second-order valence-corrected chi connectivity index (χ2v) is 6.21. The maximum absolute atomic E-state index is 13.0. The highest BCUT2D eigenvalue weighted by atomic mass is 32.3. The van der Waals surface area contributed by atoms with E-state index in [4.69, 9.17) is 0 Å². The molecule has 3 nitrogen and oxygen atoms in total. The van der Waals surface area contributed by atoms with Gasteiger partial charge in [0.05, 0.1) is 6.61 Å². The van der Waals surface area contributed by atoms with Crippen LogP contribution in [-0.4, -0.2) is 26.4 Å². The number of hydrogen-bond acceptors (Lipinski definition) is 3. The van der Waals surface area contributed by atoms with E-state index in [1.807, 2.05) is 6.08 Å². The molecule has 0 N–H and O–H groups in total. The Morgan fingerprint density at radius 1 is 1.16 bits per heavy atom. The number of halogens is 5. The predicted octanol–water partition coefficient (Wildman–Crippen LogP) is 2.70. The van der Waals surface area contributed by atoms with Crippen LogP contribution in [0.1, 0.15) is 12.8 Å². The van der Waals surface area contributed by atoms with Gasteiger partial charge in [-0.2, -0.15) is 26.0 Å². The summed E-state index contributed by atoms with van der Waals surface area (Å²) in [5.41, 5.74) is 0. The average molecular weight is 306 g/mol. The van der Waals surface area contributed by atoms with Crippen molar-refractivity contribution in [1.29, 1.82) is 0 Å². The van der Waals surface area contributed by atoms with Crippen LogP contribution >= 0.6 is 0 Å². The van der Waals surface area contributed by atoms with Crippen molar-refractivity contribution in [3.05, 3.63) is 12.2 Å². The highest BCUT2D eigenvalue weighted by molar-refractivity contribution is 7.87. The minimum Gasteiger partial charge on any atom is -0.314 e. The zero-order valence-electron chi connectivity index (χ0n) is 9.53. The lowest BCUT2D eigenvalue weighted by atomic mass is 9.95. The summed E-state index contributed by atoms with van der Waals surface area (Å²) in [6.07, 6.45) is -0.404. The van der Waals surface area contributed by atoms with E-state index in [1.165, 1.54) is 0 Å². The Labute approximate surface area is 106 Å². The van der Waals surface area contributed by atoms with Gasteiger partial charge in [-0.3, -0.25) is 0 Å². The van der Waals surface area contributed by atoms with Gasteiger partial charge in [-0.1, -0.05) is 16.0 Å². The molecule has 1 saturated carbocycles. The van der Waals surface area contributed by atoms with Gasteiger partial charge >= 0.3 is 21.6 Å². The number of fused-ring (bicyclic) bond motifs is 2. The molecule has 3 atom stereocenters. The Hall–Kier alpha value is -0.700. The molecule has 2 aliphatic rings. The van der Waals surface area contributed by atoms with E-state index in [0.717, 1.165) is 6.42 Å². The van der Waals surface area contributed by atoms with Crippen molar-refractivity contribution < 1.29 is 34.6 Å². The van der Waals surface area contributed by atoms with Crippen molar-refractivity contribution in [2.75, 3.05) is 6.61 Å². The molecular formula is C10H11F5O3S. The third kappa shape index (κ3) is 2.49. The zero-order chi connectivity index (χ0) is 14.5. The first-order chi connectivity index (χ1) is 8.54. The zero-order valence-corrected chi connectivity index (χ0v) is 10.3. The van der Waals surface area contributed by atoms with E-state index in [0.29, 0.717) is 6.42 Å². The van der Waals surface area contributed by atoms with E-state index in [1.54, 1.807) is 6.08 Å². The first kappa shape index (κ1) is 14.7. The van der Waals surface area contributed by atoms with Crippen LogP contribution in [0, 0.1) is 17.8 Å².